The highest BCUT2D eigenvalue weighted by Crippen LogP contribution is 2.26. The molecule has 161 valence electrons. The van der Waals surface area contributed by atoms with Crippen LogP contribution in [0.5, 0.6) is 11.5 Å². The summed E-state index contributed by atoms with van der Waals surface area (Å²) in [5.74, 6) is 1.73. The van der Waals surface area contributed by atoms with Crippen LogP contribution >= 0.6 is 0 Å². The SMILES string of the molecule is CCCCCCCCCCOc1c[c]ccc1OCCCCCCCCCC. The summed E-state index contributed by atoms with van der Waals surface area (Å²) >= 11 is 0. The molecule has 2 nitrogen and oxygen atoms in total. The molecule has 0 saturated carbocycles. The zero-order chi connectivity index (χ0) is 20.1. The van der Waals surface area contributed by atoms with Gasteiger partial charge in [0.05, 0.1) is 13.2 Å². The van der Waals surface area contributed by atoms with Crippen molar-refractivity contribution in [2.75, 3.05) is 13.2 Å². The maximum absolute atomic E-state index is 5.97. The van der Waals surface area contributed by atoms with Gasteiger partial charge in [0, 0.05) is 0 Å². The molecule has 0 amide bonds. The zero-order valence-electron chi connectivity index (χ0n) is 18.8. The molecular formula is C26H45O2. The molecule has 0 fully saturated rings. The molecule has 0 bridgehead atoms. The van der Waals surface area contributed by atoms with Gasteiger partial charge in [0.15, 0.2) is 11.5 Å². The fourth-order valence-corrected chi connectivity index (χ4v) is 3.47. The van der Waals surface area contributed by atoms with Crippen LogP contribution in [0.25, 0.3) is 0 Å². The van der Waals surface area contributed by atoms with Crippen LogP contribution in [0, 0.1) is 6.07 Å². The lowest BCUT2D eigenvalue weighted by molar-refractivity contribution is 0.258. The van der Waals surface area contributed by atoms with Gasteiger partial charge in [-0.1, -0.05) is 110 Å². The van der Waals surface area contributed by atoms with Crippen molar-refractivity contribution in [3.05, 3.63) is 24.3 Å². The Labute approximate surface area is 175 Å². The zero-order valence-corrected chi connectivity index (χ0v) is 18.8. The van der Waals surface area contributed by atoms with Crippen LogP contribution in [0.4, 0.5) is 0 Å². The van der Waals surface area contributed by atoms with Gasteiger partial charge in [-0.15, -0.1) is 0 Å². The van der Waals surface area contributed by atoms with Gasteiger partial charge in [0.25, 0.3) is 0 Å². The first-order chi connectivity index (χ1) is 13.9. The minimum atomic E-state index is 0.779. The smallest absolute Gasteiger partial charge is 0.161 e. The fraction of sp³-hybridized carbons (Fsp3) is 0.769. The van der Waals surface area contributed by atoms with E-state index in [1.807, 2.05) is 18.2 Å². The minimum absolute atomic E-state index is 0.779. The topological polar surface area (TPSA) is 18.5 Å². The number of hydrogen-bond acceptors (Lipinski definition) is 2. The molecule has 0 aromatic heterocycles. The molecule has 1 rings (SSSR count). The van der Waals surface area contributed by atoms with Gasteiger partial charge in [-0.05, 0) is 31.0 Å². The van der Waals surface area contributed by atoms with Crippen molar-refractivity contribution in [1.29, 1.82) is 0 Å². The van der Waals surface area contributed by atoms with Gasteiger partial charge >= 0.3 is 0 Å². The second-order valence-electron chi connectivity index (χ2n) is 8.02. The lowest BCUT2D eigenvalue weighted by Gasteiger charge is -2.12. The van der Waals surface area contributed by atoms with E-state index in [0.29, 0.717) is 0 Å². The predicted octanol–water partition coefficient (Wildman–Crippen LogP) is 8.53. The van der Waals surface area contributed by atoms with Gasteiger partial charge in [0.2, 0.25) is 0 Å². The number of benzene rings is 1. The summed E-state index contributed by atoms with van der Waals surface area (Å²) < 4.78 is 11.9. The Bertz CT molecular complexity index is 403. The van der Waals surface area contributed by atoms with Crippen LogP contribution in [0.3, 0.4) is 0 Å². The molecule has 1 aromatic rings. The van der Waals surface area contributed by atoms with E-state index in [4.69, 9.17) is 9.47 Å². The van der Waals surface area contributed by atoms with Gasteiger partial charge in [-0.3, -0.25) is 0 Å². The van der Waals surface area contributed by atoms with Crippen molar-refractivity contribution >= 4 is 0 Å². The summed E-state index contributed by atoms with van der Waals surface area (Å²) in [6.07, 6.45) is 21.2. The molecule has 0 saturated heterocycles. The van der Waals surface area contributed by atoms with Crippen molar-refractivity contribution in [3.8, 4) is 11.5 Å². The molecule has 28 heavy (non-hydrogen) atoms. The second-order valence-corrected chi connectivity index (χ2v) is 8.02. The van der Waals surface area contributed by atoms with E-state index in [1.165, 1.54) is 89.9 Å². The van der Waals surface area contributed by atoms with Crippen molar-refractivity contribution in [1.82, 2.24) is 0 Å². The molecule has 0 aliphatic heterocycles. The van der Waals surface area contributed by atoms with E-state index >= 15 is 0 Å². The molecule has 2 heteroatoms. The molecule has 0 unspecified atom stereocenters. The summed E-state index contributed by atoms with van der Waals surface area (Å²) in [6, 6.07) is 8.91. The normalized spacial score (nSPS) is 10.9. The molecule has 0 N–H and O–H groups in total. The fourth-order valence-electron chi connectivity index (χ4n) is 3.47. The third kappa shape index (κ3) is 13.9. The monoisotopic (exact) mass is 389 g/mol. The number of ether oxygens (including phenoxy) is 2. The summed E-state index contributed by atoms with van der Waals surface area (Å²) in [5, 5.41) is 0. The Morgan fingerprint density at radius 1 is 0.571 bits per heavy atom. The lowest BCUT2D eigenvalue weighted by atomic mass is 10.1. The molecular weight excluding hydrogens is 344 g/mol. The quantitative estimate of drug-likeness (QED) is 0.208. The van der Waals surface area contributed by atoms with Crippen LogP contribution in [0.15, 0.2) is 18.2 Å². The first-order valence-corrected chi connectivity index (χ1v) is 12.1. The minimum Gasteiger partial charge on any atom is -0.490 e. The van der Waals surface area contributed by atoms with Crippen LogP contribution in [0.2, 0.25) is 0 Å². The summed E-state index contributed by atoms with van der Waals surface area (Å²) in [6.45, 7) is 6.10. The van der Waals surface area contributed by atoms with Crippen molar-refractivity contribution in [2.24, 2.45) is 0 Å². The maximum atomic E-state index is 5.97. The third-order valence-corrected chi connectivity index (χ3v) is 5.30. The Hall–Kier alpha value is -1.18. The third-order valence-electron chi connectivity index (χ3n) is 5.30. The van der Waals surface area contributed by atoms with Crippen LogP contribution in [0.1, 0.15) is 117 Å². The molecule has 1 aromatic carbocycles. The first-order valence-electron chi connectivity index (χ1n) is 12.1. The van der Waals surface area contributed by atoms with E-state index in [-0.39, 0.29) is 0 Å². The highest BCUT2D eigenvalue weighted by Gasteiger charge is 2.04. The average molecular weight is 390 g/mol. The van der Waals surface area contributed by atoms with Gasteiger partial charge in [0.1, 0.15) is 0 Å². The van der Waals surface area contributed by atoms with Crippen molar-refractivity contribution in [3.63, 3.8) is 0 Å². The Kier molecular flexibility index (Phi) is 17.0. The highest BCUT2D eigenvalue weighted by atomic mass is 16.5. The van der Waals surface area contributed by atoms with E-state index in [1.54, 1.807) is 0 Å². The molecule has 0 atom stereocenters. The first kappa shape index (κ1) is 24.9. The van der Waals surface area contributed by atoms with E-state index in [9.17, 15) is 0 Å². The second kappa shape index (κ2) is 19.2. The van der Waals surface area contributed by atoms with E-state index in [2.05, 4.69) is 19.9 Å². The van der Waals surface area contributed by atoms with E-state index < -0.39 is 0 Å². The molecule has 0 aliphatic carbocycles. The van der Waals surface area contributed by atoms with E-state index in [0.717, 1.165) is 37.6 Å². The van der Waals surface area contributed by atoms with Gasteiger partial charge < -0.3 is 9.47 Å². The van der Waals surface area contributed by atoms with Crippen LogP contribution < -0.4 is 9.47 Å². The molecule has 0 spiro atoms. The average Bonchev–Trinajstić information content (AvgIpc) is 2.72. The lowest BCUT2D eigenvalue weighted by Crippen LogP contribution is -2.02. The van der Waals surface area contributed by atoms with Gasteiger partial charge in [-0.25, -0.2) is 0 Å². The Balaban J connectivity index is 2.06. The maximum Gasteiger partial charge on any atom is 0.161 e. The highest BCUT2D eigenvalue weighted by molar-refractivity contribution is 5.38. The Morgan fingerprint density at radius 2 is 1.00 bits per heavy atom. The standard InChI is InChI=1S/C26H45O2/c1-3-5-7-9-11-13-15-19-23-27-25-21-17-18-22-26(25)28-24-20-16-14-12-10-8-6-4-2/h17,21-22H,3-16,19-20,23-24H2,1-2H3. The summed E-state index contributed by atoms with van der Waals surface area (Å²) in [7, 11) is 0. The number of rotatable bonds is 20. The Morgan fingerprint density at radius 3 is 1.50 bits per heavy atom. The molecule has 0 aliphatic rings. The van der Waals surface area contributed by atoms with Crippen molar-refractivity contribution in [2.45, 2.75) is 117 Å². The number of hydrogen-bond donors (Lipinski definition) is 0. The summed E-state index contributed by atoms with van der Waals surface area (Å²) in [5.41, 5.74) is 0. The molecule has 1 radical (unpaired) electrons. The van der Waals surface area contributed by atoms with Crippen LogP contribution in [-0.4, -0.2) is 13.2 Å². The predicted molar refractivity (Wildman–Crippen MR) is 121 cm³/mol. The molecule has 0 heterocycles. The largest absolute Gasteiger partial charge is 0.490 e. The summed E-state index contributed by atoms with van der Waals surface area (Å²) in [4.78, 5) is 0. The van der Waals surface area contributed by atoms with Crippen molar-refractivity contribution < 1.29 is 9.47 Å². The van der Waals surface area contributed by atoms with Crippen LogP contribution in [-0.2, 0) is 0 Å². The number of unbranched alkanes of at least 4 members (excludes halogenated alkanes) is 14. The van der Waals surface area contributed by atoms with Gasteiger partial charge in [-0.2, -0.15) is 0 Å².